The van der Waals surface area contributed by atoms with Gasteiger partial charge in [-0.3, -0.25) is 0 Å². The van der Waals surface area contributed by atoms with E-state index in [1.54, 1.807) is 0 Å². The molecule has 1 aromatic carbocycles. The molecule has 0 bridgehead atoms. The molecule has 5 N–H and O–H groups in total. The molecular formula is C13H17N3O. The minimum absolute atomic E-state index is 0.136. The highest BCUT2D eigenvalue weighted by Crippen LogP contribution is 2.32. The zero-order valence-corrected chi connectivity index (χ0v) is 9.83. The molecular weight excluding hydrogens is 214 g/mol. The summed E-state index contributed by atoms with van der Waals surface area (Å²) in [4.78, 5) is 3.14. The van der Waals surface area contributed by atoms with Crippen molar-refractivity contribution in [1.82, 2.24) is 4.98 Å². The quantitative estimate of drug-likeness (QED) is 0.607. The van der Waals surface area contributed by atoms with E-state index in [9.17, 15) is 0 Å². The van der Waals surface area contributed by atoms with Crippen molar-refractivity contribution in [2.24, 2.45) is 0 Å². The third-order valence-corrected chi connectivity index (χ3v) is 2.80. The molecule has 90 valence electrons. The number of nitrogens with one attached hydrogen (secondary N) is 2. The van der Waals surface area contributed by atoms with E-state index in [1.165, 1.54) is 0 Å². The number of nitrogen functional groups attached to an aromatic ring is 1. The average Bonchev–Trinajstić information content (AvgIpc) is 2.85. The van der Waals surface area contributed by atoms with Crippen molar-refractivity contribution in [2.45, 2.75) is 6.42 Å². The Bertz CT molecular complexity index is 492. The van der Waals surface area contributed by atoms with Crippen LogP contribution in [0.25, 0.3) is 11.3 Å². The van der Waals surface area contributed by atoms with E-state index in [0.29, 0.717) is 6.42 Å². The van der Waals surface area contributed by atoms with Gasteiger partial charge in [-0.05, 0) is 36.2 Å². The Labute approximate surface area is 100 Å². The summed E-state index contributed by atoms with van der Waals surface area (Å²) in [5.74, 6) is 0. The number of rotatable bonds is 4. The van der Waals surface area contributed by atoms with Crippen LogP contribution in [0.3, 0.4) is 0 Å². The number of aliphatic hydroxyl groups excluding tert-OH is 1. The second-order valence-corrected chi connectivity index (χ2v) is 3.91. The molecule has 4 heteroatoms. The summed E-state index contributed by atoms with van der Waals surface area (Å²) >= 11 is 0. The molecule has 0 aliphatic carbocycles. The van der Waals surface area contributed by atoms with Gasteiger partial charge in [-0.1, -0.05) is 0 Å². The Kier molecular flexibility index (Phi) is 3.35. The zero-order valence-electron chi connectivity index (χ0n) is 9.83. The number of anilines is 2. The maximum atomic E-state index is 9.01. The molecule has 0 saturated carbocycles. The van der Waals surface area contributed by atoms with Gasteiger partial charge in [-0.2, -0.15) is 0 Å². The van der Waals surface area contributed by atoms with E-state index < -0.39 is 0 Å². The number of hydrogen-bond donors (Lipinski definition) is 4. The average molecular weight is 231 g/mol. The minimum atomic E-state index is 0.136. The minimum Gasteiger partial charge on any atom is -0.397 e. The molecule has 0 spiro atoms. The predicted molar refractivity (Wildman–Crippen MR) is 71.0 cm³/mol. The molecule has 0 aliphatic heterocycles. The molecule has 0 amide bonds. The Morgan fingerprint density at radius 2 is 2.24 bits per heavy atom. The van der Waals surface area contributed by atoms with E-state index in [1.807, 2.05) is 37.5 Å². The third kappa shape index (κ3) is 2.26. The van der Waals surface area contributed by atoms with Crippen LogP contribution in [0.5, 0.6) is 0 Å². The molecule has 1 aromatic heterocycles. The number of aromatic amines is 1. The Morgan fingerprint density at radius 3 is 2.82 bits per heavy atom. The van der Waals surface area contributed by atoms with Crippen LogP contribution in [-0.4, -0.2) is 23.7 Å². The van der Waals surface area contributed by atoms with Crippen LogP contribution < -0.4 is 11.1 Å². The summed E-state index contributed by atoms with van der Waals surface area (Å²) < 4.78 is 0. The van der Waals surface area contributed by atoms with Gasteiger partial charge in [-0.25, -0.2) is 0 Å². The molecule has 2 aromatic rings. The van der Waals surface area contributed by atoms with Gasteiger partial charge < -0.3 is 21.1 Å². The topological polar surface area (TPSA) is 74.1 Å². The standard InChI is InChI=1S/C13H17N3O/c1-15-12-8-9(4-6-17)7-10(13(12)14)11-3-2-5-16-11/h2-3,5,7-8,15-17H,4,6,14H2,1H3. The predicted octanol–water partition coefficient (Wildman–Crippen LogP) is 1.84. The summed E-state index contributed by atoms with van der Waals surface area (Å²) in [6, 6.07) is 7.90. The van der Waals surface area contributed by atoms with Gasteiger partial charge in [-0.15, -0.1) is 0 Å². The van der Waals surface area contributed by atoms with Gasteiger partial charge in [0.25, 0.3) is 0 Å². The number of aromatic nitrogens is 1. The summed E-state index contributed by atoms with van der Waals surface area (Å²) in [5, 5.41) is 12.1. The largest absolute Gasteiger partial charge is 0.397 e. The van der Waals surface area contributed by atoms with E-state index in [4.69, 9.17) is 10.8 Å². The lowest BCUT2D eigenvalue weighted by Crippen LogP contribution is -2.01. The van der Waals surface area contributed by atoms with Gasteiger partial charge in [0.05, 0.1) is 11.4 Å². The highest BCUT2D eigenvalue weighted by Gasteiger charge is 2.09. The first-order valence-corrected chi connectivity index (χ1v) is 5.61. The third-order valence-electron chi connectivity index (χ3n) is 2.80. The molecule has 0 aliphatic rings. The van der Waals surface area contributed by atoms with Gasteiger partial charge in [0.2, 0.25) is 0 Å². The van der Waals surface area contributed by atoms with Crippen LogP contribution in [0.1, 0.15) is 5.56 Å². The monoisotopic (exact) mass is 231 g/mol. The lowest BCUT2D eigenvalue weighted by Gasteiger charge is -2.12. The van der Waals surface area contributed by atoms with Crippen molar-refractivity contribution in [3.63, 3.8) is 0 Å². The fourth-order valence-electron chi connectivity index (χ4n) is 1.91. The molecule has 2 rings (SSSR count). The maximum Gasteiger partial charge on any atom is 0.0644 e. The zero-order chi connectivity index (χ0) is 12.3. The number of benzene rings is 1. The summed E-state index contributed by atoms with van der Waals surface area (Å²) in [7, 11) is 1.84. The highest BCUT2D eigenvalue weighted by molar-refractivity contribution is 5.84. The van der Waals surface area contributed by atoms with Crippen molar-refractivity contribution in [3.05, 3.63) is 36.0 Å². The molecule has 0 unspecified atom stereocenters. The SMILES string of the molecule is CNc1cc(CCO)cc(-c2ccc[nH]2)c1N. The fraction of sp³-hybridized carbons (Fsp3) is 0.231. The lowest BCUT2D eigenvalue weighted by atomic mass is 10.0. The van der Waals surface area contributed by atoms with Crippen LogP contribution in [0, 0.1) is 0 Å². The van der Waals surface area contributed by atoms with Crippen molar-refractivity contribution in [1.29, 1.82) is 0 Å². The van der Waals surface area contributed by atoms with Crippen LogP contribution in [0.4, 0.5) is 11.4 Å². The van der Waals surface area contributed by atoms with Gasteiger partial charge in [0.15, 0.2) is 0 Å². The normalized spacial score (nSPS) is 10.5. The number of H-pyrrole nitrogens is 1. The number of hydrogen-bond acceptors (Lipinski definition) is 3. The van der Waals surface area contributed by atoms with E-state index >= 15 is 0 Å². The van der Waals surface area contributed by atoms with Gasteiger partial charge in [0.1, 0.15) is 0 Å². The smallest absolute Gasteiger partial charge is 0.0644 e. The second kappa shape index (κ2) is 4.93. The van der Waals surface area contributed by atoms with E-state index in [2.05, 4.69) is 10.3 Å². The Morgan fingerprint density at radius 1 is 1.41 bits per heavy atom. The first kappa shape index (κ1) is 11.5. The Hall–Kier alpha value is -1.94. The lowest BCUT2D eigenvalue weighted by molar-refractivity contribution is 0.299. The first-order chi connectivity index (χ1) is 8.26. The van der Waals surface area contributed by atoms with Crippen LogP contribution in [-0.2, 0) is 6.42 Å². The maximum absolute atomic E-state index is 9.01. The van der Waals surface area contributed by atoms with Gasteiger partial charge in [0, 0.05) is 31.1 Å². The van der Waals surface area contributed by atoms with Gasteiger partial charge >= 0.3 is 0 Å². The number of aliphatic hydroxyl groups is 1. The van der Waals surface area contributed by atoms with Crippen LogP contribution in [0.15, 0.2) is 30.5 Å². The van der Waals surface area contributed by atoms with E-state index in [0.717, 1.165) is 28.2 Å². The second-order valence-electron chi connectivity index (χ2n) is 3.91. The van der Waals surface area contributed by atoms with Crippen molar-refractivity contribution in [3.8, 4) is 11.3 Å². The van der Waals surface area contributed by atoms with Crippen molar-refractivity contribution in [2.75, 3.05) is 24.7 Å². The molecule has 1 heterocycles. The van der Waals surface area contributed by atoms with Crippen LogP contribution >= 0.6 is 0 Å². The summed E-state index contributed by atoms with van der Waals surface area (Å²) in [6.45, 7) is 0.136. The molecule has 17 heavy (non-hydrogen) atoms. The van der Waals surface area contributed by atoms with Crippen LogP contribution in [0.2, 0.25) is 0 Å². The van der Waals surface area contributed by atoms with Crippen molar-refractivity contribution >= 4 is 11.4 Å². The molecule has 4 nitrogen and oxygen atoms in total. The Balaban J connectivity index is 2.53. The summed E-state index contributed by atoms with van der Waals surface area (Å²) in [6.07, 6.45) is 2.50. The van der Waals surface area contributed by atoms with Crippen molar-refractivity contribution < 1.29 is 5.11 Å². The first-order valence-electron chi connectivity index (χ1n) is 5.61. The molecule has 0 atom stereocenters. The number of nitrogens with two attached hydrogens (primary N) is 1. The van der Waals surface area contributed by atoms with E-state index in [-0.39, 0.29) is 6.61 Å². The molecule has 0 fully saturated rings. The molecule has 0 saturated heterocycles. The summed E-state index contributed by atoms with van der Waals surface area (Å²) in [5.41, 5.74) is 10.7. The highest BCUT2D eigenvalue weighted by atomic mass is 16.2. The molecule has 0 radical (unpaired) electrons. The fourth-order valence-corrected chi connectivity index (χ4v) is 1.91.